The molecular weight excluding hydrogens is 340 g/mol. The molecule has 0 bridgehead atoms. The minimum absolute atomic E-state index is 0.0181. The normalized spacial score (nSPS) is 10.6. The van der Waals surface area contributed by atoms with Gasteiger partial charge in [-0.15, -0.1) is 0 Å². The lowest BCUT2D eigenvalue weighted by Crippen LogP contribution is -2.25. The van der Waals surface area contributed by atoms with Crippen LogP contribution < -0.4 is 5.32 Å². The number of nitro benzene ring substituents is 1. The maximum atomic E-state index is 12.1. The van der Waals surface area contributed by atoms with E-state index in [9.17, 15) is 14.9 Å². The number of benzene rings is 1. The summed E-state index contributed by atoms with van der Waals surface area (Å²) in [4.78, 5) is 22.5. The van der Waals surface area contributed by atoms with E-state index in [1.807, 2.05) is 0 Å². The zero-order chi connectivity index (χ0) is 18.5. The third-order valence-electron chi connectivity index (χ3n) is 4.22. The Balaban J connectivity index is 2.17. The number of halogens is 1. The van der Waals surface area contributed by atoms with E-state index in [2.05, 4.69) is 12.2 Å². The first-order valence-electron chi connectivity index (χ1n) is 9.28. The fourth-order valence-electron chi connectivity index (χ4n) is 2.76. The molecule has 1 aromatic carbocycles. The van der Waals surface area contributed by atoms with Crippen LogP contribution in [0.4, 0.5) is 5.69 Å². The molecule has 1 amide bonds. The second-order valence-electron chi connectivity index (χ2n) is 6.36. The Bertz CT molecular complexity index is 549. The lowest BCUT2D eigenvalue weighted by Gasteiger charge is -2.06. The molecule has 0 aliphatic heterocycles. The first-order chi connectivity index (χ1) is 12.1. The fourth-order valence-corrected chi connectivity index (χ4v) is 2.93. The molecule has 6 heteroatoms. The van der Waals surface area contributed by atoms with Gasteiger partial charge in [0.25, 0.3) is 11.6 Å². The first-order valence-corrected chi connectivity index (χ1v) is 9.66. The van der Waals surface area contributed by atoms with Crippen LogP contribution in [0.2, 0.25) is 5.02 Å². The van der Waals surface area contributed by atoms with Crippen molar-refractivity contribution in [3.8, 4) is 0 Å². The van der Waals surface area contributed by atoms with Gasteiger partial charge in [-0.25, -0.2) is 0 Å². The number of amides is 1. The number of nitrogens with zero attached hydrogens (tertiary/aromatic N) is 1. The van der Waals surface area contributed by atoms with E-state index in [-0.39, 0.29) is 11.3 Å². The Morgan fingerprint density at radius 1 is 1.04 bits per heavy atom. The standard InChI is InChI=1S/C19H29ClN2O3/c1-2-3-4-5-6-7-8-9-10-11-14-21-19(23)17-15-16(20)12-13-18(17)22(24)25/h12-13,15H,2-11,14H2,1H3,(H,21,23). The van der Waals surface area contributed by atoms with Crippen molar-refractivity contribution in [1.82, 2.24) is 5.32 Å². The van der Waals surface area contributed by atoms with Crippen molar-refractivity contribution in [2.24, 2.45) is 0 Å². The average molecular weight is 369 g/mol. The Labute approximate surface area is 155 Å². The van der Waals surface area contributed by atoms with Gasteiger partial charge in [0.2, 0.25) is 0 Å². The number of nitrogens with one attached hydrogen (secondary N) is 1. The number of rotatable bonds is 13. The third kappa shape index (κ3) is 8.87. The highest BCUT2D eigenvalue weighted by Crippen LogP contribution is 2.22. The lowest BCUT2D eigenvalue weighted by molar-refractivity contribution is -0.385. The Morgan fingerprint density at radius 2 is 1.60 bits per heavy atom. The van der Waals surface area contributed by atoms with Crippen LogP contribution >= 0.6 is 11.6 Å². The lowest BCUT2D eigenvalue weighted by atomic mass is 10.1. The summed E-state index contributed by atoms with van der Waals surface area (Å²) >= 11 is 5.84. The molecular formula is C19H29ClN2O3. The zero-order valence-electron chi connectivity index (χ0n) is 15.1. The number of carbonyl (C=O) groups is 1. The van der Waals surface area contributed by atoms with Crippen LogP contribution in [0.25, 0.3) is 0 Å². The van der Waals surface area contributed by atoms with Gasteiger partial charge >= 0.3 is 0 Å². The molecule has 0 radical (unpaired) electrons. The van der Waals surface area contributed by atoms with Crippen molar-refractivity contribution in [3.63, 3.8) is 0 Å². The van der Waals surface area contributed by atoms with Crippen LogP contribution in [0.1, 0.15) is 81.5 Å². The van der Waals surface area contributed by atoms with Crippen molar-refractivity contribution in [3.05, 3.63) is 38.9 Å². The predicted octanol–water partition coefficient (Wildman–Crippen LogP) is 5.90. The highest BCUT2D eigenvalue weighted by Gasteiger charge is 2.19. The summed E-state index contributed by atoms with van der Waals surface area (Å²) in [5.41, 5.74) is -0.199. The molecule has 5 nitrogen and oxygen atoms in total. The van der Waals surface area contributed by atoms with Gasteiger partial charge in [-0.1, -0.05) is 76.3 Å². The number of unbranched alkanes of at least 4 members (excludes halogenated alkanes) is 9. The molecule has 0 saturated heterocycles. The maximum Gasteiger partial charge on any atom is 0.282 e. The average Bonchev–Trinajstić information content (AvgIpc) is 2.59. The molecule has 140 valence electrons. The van der Waals surface area contributed by atoms with Gasteiger partial charge in [0.1, 0.15) is 5.56 Å². The quantitative estimate of drug-likeness (QED) is 0.267. The maximum absolute atomic E-state index is 12.1. The third-order valence-corrected chi connectivity index (χ3v) is 4.45. The molecule has 1 aromatic rings. The van der Waals surface area contributed by atoms with Crippen LogP contribution in [-0.2, 0) is 0 Å². The van der Waals surface area contributed by atoms with E-state index in [0.29, 0.717) is 11.6 Å². The minimum atomic E-state index is -0.564. The molecule has 0 aliphatic rings. The van der Waals surface area contributed by atoms with Crippen molar-refractivity contribution in [2.75, 3.05) is 6.54 Å². The van der Waals surface area contributed by atoms with Crippen molar-refractivity contribution in [1.29, 1.82) is 0 Å². The Morgan fingerprint density at radius 3 is 2.16 bits per heavy atom. The zero-order valence-corrected chi connectivity index (χ0v) is 15.8. The molecule has 0 spiro atoms. The number of carbonyl (C=O) groups excluding carboxylic acids is 1. The second kappa shape index (κ2) is 12.7. The largest absolute Gasteiger partial charge is 0.352 e. The van der Waals surface area contributed by atoms with Crippen LogP contribution in [-0.4, -0.2) is 17.4 Å². The molecule has 0 heterocycles. The topological polar surface area (TPSA) is 72.2 Å². The van der Waals surface area contributed by atoms with Crippen LogP contribution in [0.15, 0.2) is 18.2 Å². The van der Waals surface area contributed by atoms with Gasteiger partial charge < -0.3 is 5.32 Å². The summed E-state index contributed by atoms with van der Waals surface area (Å²) in [6, 6.07) is 4.02. The molecule has 0 saturated carbocycles. The summed E-state index contributed by atoms with van der Waals surface area (Å²) in [6.45, 7) is 2.75. The number of hydrogen-bond donors (Lipinski definition) is 1. The van der Waals surface area contributed by atoms with Gasteiger partial charge in [0.15, 0.2) is 0 Å². The molecule has 0 atom stereocenters. The highest BCUT2D eigenvalue weighted by atomic mass is 35.5. The Kier molecular flexibility index (Phi) is 10.9. The molecule has 0 aromatic heterocycles. The molecule has 25 heavy (non-hydrogen) atoms. The molecule has 0 unspecified atom stereocenters. The van der Waals surface area contributed by atoms with Crippen LogP contribution in [0, 0.1) is 10.1 Å². The van der Waals surface area contributed by atoms with Crippen LogP contribution in [0.5, 0.6) is 0 Å². The Hall–Kier alpha value is -1.62. The second-order valence-corrected chi connectivity index (χ2v) is 6.79. The SMILES string of the molecule is CCCCCCCCCCCCNC(=O)c1cc(Cl)ccc1[N+](=O)[O-]. The van der Waals surface area contributed by atoms with Crippen molar-refractivity contribution < 1.29 is 9.72 Å². The fraction of sp³-hybridized carbons (Fsp3) is 0.632. The van der Waals surface area contributed by atoms with Gasteiger partial charge in [0.05, 0.1) is 4.92 Å². The molecule has 1 rings (SSSR count). The van der Waals surface area contributed by atoms with E-state index in [0.717, 1.165) is 12.8 Å². The molecule has 0 fully saturated rings. The van der Waals surface area contributed by atoms with Gasteiger partial charge in [0, 0.05) is 17.6 Å². The van der Waals surface area contributed by atoms with Crippen molar-refractivity contribution in [2.45, 2.75) is 71.1 Å². The van der Waals surface area contributed by atoms with Gasteiger partial charge in [-0.2, -0.15) is 0 Å². The summed E-state index contributed by atoms with van der Waals surface area (Å²) in [5.74, 6) is -0.440. The van der Waals surface area contributed by atoms with Gasteiger partial charge in [-0.05, 0) is 18.6 Å². The van der Waals surface area contributed by atoms with E-state index in [1.54, 1.807) is 0 Å². The predicted molar refractivity (Wildman–Crippen MR) is 102 cm³/mol. The molecule has 0 aliphatic carbocycles. The molecule has 1 N–H and O–H groups in total. The van der Waals surface area contributed by atoms with E-state index in [1.165, 1.54) is 69.6 Å². The number of hydrogen-bond acceptors (Lipinski definition) is 3. The van der Waals surface area contributed by atoms with E-state index >= 15 is 0 Å². The van der Waals surface area contributed by atoms with E-state index in [4.69, 9.17) is 11.6 Å². The van der Waals surface area contributed by atoms with Gasteiger partial charge in [-0.3, -0.25) is 14.9 Å². The van der Waals surface area contributed by atoms with Crippen LogP contribution in [0.3, 0.4) is 0 Å². The van der Waals surface area contributed by atoms with E-state index < -0.39 is 10.8 Å². The summed E-state index contributed by atoms with van der Waals surface area (Å²) in [5, 5.41) is 14.0. The monoisotopic (exact) mass is 368 g/mol. The van der Waals surface area contributed by atoms with Crippen molar-refractivity contribution >= 4 is 23.2 Å². The minimum Gasteiger partial charge on any atom is -0.352 e. The number of nitro groups is 1. The summed E-state index contributed by atoms with van der Waals surface area (Å²) < 4.78 is 0. The summed E-state index contributed by atoms with van der Waals surface area (Å²) in [7, 11) is 0. The smallest absolute Gasteiger partial charge is 0.282 e. The first kappa shape index (κ1) is 21.4. The summed E-state index contributed by atoms with van der Waals surface area (Å²) in [6.07, 6.45) is 12.2. The highest BCUT2D eigenvalue weighted by molar-refractivity contribution is 6.31.